The number of halogens is 3. The molecule has 5 atom stereocenters. The highest BCUT2D eigenvalue weighted by Crippen LogP contribution is 2.38. The smallest absolute Gasteiger partial charge is 0.394 e. The summed E-state index contributed by atoms with van der Waals surface area (Å²) in [7, 11) is 0. The molecule has 3 unspecified atom stereocenters. The topological polar surface area (TPSA) is 69.6 Å². The fourth-order valence-electron chi connectivity index (χ4n) is 3.50. The van der Waals surface area contributed by atoms with Crippen LogP contribution in [0.25, 0.3) is 0 Å². The van der Waals surface area contributed by atoms with Gasteiger partial charge in [0, 0.05) is 19.1 Å². The summed E-state index contributed by atoms with van der Waals surface area (Å²) in [5.41, 5.74) is 0. The summed E-state index contributed by atoms with van der Waals surface area (Å²) < 4.78 is 38.8. The zero-order valence-corrected chi connectivity index (χ0v) is 13.3. The van der Waals surface area contributed by atoms with Gasteiger partial charge in [-0.05, 0) is 31.1 Å². The molecule has 1 heterocycles. The van der Waals surface area contributed by atoms with Gasteiger partial charge >= 0.3 is 18.2 Å². The lowest BCUT2D eigenvalue weighted by Gasteiger charge is -2.33. The first-order valence-electron chi connectivity index (χ1n) is 7.94. The molecule has 2 fully saturated rings. The van der Waals surface area contributed by atoms with Crippen molar-refractivity contribution in [3.8, 4) is 0 Å². The molecule has 0 aromatic heterocycles. The summed E-state index contributed by atoms with van der Waals surface area (Å²) >= 11 is 0. The Morgan fingerprint density at radius 1 is 1.13 bits per heavy atom. The second kappa shape index (κ2) is 6.57. The molecule has 0 aromatic rings. The van der Waals surface area contributed by atoms with Crippen molar-refractivity contribution in [2.75, 3.05) is 13.1 Å². The standard InChI is InChI=1S/C15H23F3N2O3/c1-8-3-4-10(5-9(8)2)19-14(23)20-6-11(13(21)22)12(7-20)15(16,17)18/h8-12H,3-7H2,1-2H3,(H,19,23)(H,21,22)/t8?,9?,10?,11-,12-/m1/s1. The number of nitrogens with zero attached hydrogens (tertiary/aromatic N) is 1. The normalized spacial score (nSPS) is 35.2. The Labute approximate surface area is 133 Å². The van der Waals surface area contributed by atoms with E-state index in [0.717, 1.165) is 24.2 Å². The Morgan fingerprint density at radius 3 is 2.26 bits per heavy atom. The summed E-state index contributed by atoms with van der Waals surface area (Å²) in [5, 5.41) is 11.7. The van der Waals surface area contributed by atoms with E-state index >= 15 is 0 Å². The van der Waals surface area contributed by atoms with Gasteiger partial charge in [0.05, 0.1) is 11.8 Å². The molecule has 2 rings (SSSR count). The molecule has 0 bridgehead atoms. The van der Waals surface area contributed by atoms with E-state index in [0.29, 0.717) is 11.8 Å². The van der Waals surface area contributed by atoms with Crippen molar-refractivity contribution in [1.82, 2.24) is 10.2 Å². The predicted molar refractivity (Wildman–Crippen MR) is 76.7 cm³/mol. The third-order valence-electron chi connectivity index (χ3n) is 5.27. The molecule has 1 saturated heterocycles. The van der Waals surface area contributed by atoms with Crippen LogP contribution in [-0.2, 0) is 4.79 Å². The van der Waals surface area contributed by atoms with Gasteiger partial charge in [0.25, 0.3) is 0 Å². The number of amides is 2. The number of rotatable bonds is 2. The lowest BCUT2D eigenvalue weighted by molar-refractivity contribution is -0.187. The molecule has 2 N–H and O–H groups in total. The number of carbonyl (C=O) groups excluding carboxylic acids is 1. The van der Waals surface area contributed by atoms with Crippen LogP contribution in [0.3, 0.4) is 0 Å². The third-order valence-corrected chi connectivity index (χ3v) is 5.27. The van der Waals surface area contributed by atoms with Crippen LogP contribution in [0.5, 0.6) is 0 Å². The van der Waals surface area contributed by atoms with Gasteiger partial charge in [0.2, 0.25) is 0 Å². The van der Waals surface area contributed by atoms with Crippen LogP contribution in [0.15, 0.2) is 0 Å². The minimum absolute atomic E-state index is 0.0538. The highest BCUT2D eigenvalue weighted by atomic mass is 19.4. The first-order chi connectivity index (χ1) is 10.6. The average molecular weight is 336 g/mol. The third kappa shape index (κ3) is 4.09. The van der Waals surface area contributed by atoms with Crippen LogP contribution in [0.2, 0.25) is 0 Å². The predicted octanol–water partition coefficient (Wildman–Crippen LogP) is 2.72. The van der Waals surface area contributed by atoms with Crippen molar-refractivity contribution >= 4 is 12.0 Å². The molecule has 5 nitrogen and oxygen atoms in total. The number of carboxylic acids is 1. The number of aliphatic carboxylic acids is 1. The molecular formula is C15H23F3N2O3. The molecule has 2 aliphatic rings. The van der Waals surface area contributed by atoms with Gasteiger partial charge < -0.3 is 15.3 Å². The molecule has 0 spiro atoms. The fourth-order valence-corrected chi connectivity index (χ4v) is 3.50. The van der Waals surface area contributed by atoms with Gasteiger partial charge in [-0.25, -0.2) is 4.79 Å². The second-order valence-electron chi connectivity index (χ2n) is 6.91. The average Bonchev–Trinajstić information content (AvgIpc) is 2.88. The molecule has 8 heteroatoms. The highest BCUT2D eigenvalue weighted by Gasteiger charge is 2.53. The largest absolute Gasteiger partial charge is 0.481 e. The van der Waals surface area contributed by atoms with E-state index in [4.69, 9.17) is 5.11 Å². The molecule has 2 amide bonds. The van der Waals surface area contributed by atoms with E-state index in [-0.39, 0.29) is 6.04 Å². The Morgan fingerprint density at radius 2 is 1.78 bits per heavy atom. The lowest BCUT2D eigenvalue weighted by Crippen LogP contribution is -2.46. The van der Waals surface area contributed by atoms with E-state index in [1.165, 1.54) is 0 Å². The quantitative estimate of drug-likeness (QED) is 0.815. The molecule has 23 heavy (non-hydrogen) atoms. The summed E-state index contributed by atoms with van der Waals surface area (Å²) in [5.74, 6) is -4.09. The van der Waals surface area contributed by atoms with Crippen molar-refractivity contribution < 1.29 is 27.9 Å². The van der Waals surface area contributed by atoms with Gasteiger partial charge in [-0.2, -0.15) is 13.2 Å². The molecule has 1 aliphatic carbocycles. The summed E-state index contributed by atoms with van der Waals surface area (Å²) in [6.45, 7) is 3.25. The summed E-state index contributed by atoms with van der Waals surface area (Å²) in [6.07, 6.45) is -2.05. The van der Waals surface area contributed by atoms with E-state index in [2.05, 4.69) is 19.2 Å². The van der Waals surface area contributed by atoms with Gasteiger partial charge in [-0.3, -0.25) is 4.79 Å². The maximum atomic E-state index is 12.9. The van der Waals surface area contributed by atoms with Crippen LogP contribution in [0.1, 0.15) is 33.1 Å². The van der Waals surface area contributed by atoms with Crippen molar-refractivity contribution in [3.05, 3.63) is 0 Å². The number of hydrogen-bond donors (Lipinski definition) is 2. The van der Waals surface area contributed by atoms with Crippen LogP contribution in [0, 0.1) is 23.7 Å². The highest BCUT2D eigenvalue weighted by molar-refractivity contribution is 5.78. The Balaban J connectivity index is 1.97. The zero-order valence-electron chi connectivity index (χ0n) is 13.3. The van der Waals surface area contributed by atoms with E-state index < -0.39 is 43.1 Å². The monoisotopic (exact) mass is 336 g/mol. The first kappa shape index (κ1) is 17.9. The van der Waals surface area contributed by atoms with Gasteiger partial charge in [0.15, 0.2) is 0 Å². The fraction of sp³-hybridized carbons (Fsp3) is 0.867. The van der Waals surface area contributed by atoms with E-state index in [1.54, 1.807) is 0 Å². The summed E-state index contributed by atoms with van der Waals surface area (Å²) in [4.78, 5) is 24.2. The van der Waals surface area contributed by atoms with Crippen LogP contribution >= 0.6 is 0 Å². The SMILES string of the molecule is CC1CCC(NC(=O)N2C[C@@H](C(F)(F)F)[C@H](C(=O)O)C2)CC1C. The maximum absolute atomic E-state index is 12.9. The number of nitrogens with one attached hydrogen (secondary N) is 1. The number of likely N-dealkylation sites (tertiary alicyclic amines) is 1. The molecule has 1 saturated carbocycles. The van der Waals surface area contributed by atoms with E-state index in [9.17, 15) is 22.8 Å². The first-order valence-corrected chi connectivity index (χ1v) is 7.94. The number of carbonyl (C=O) groups is 2. The molecule has 1 aliphatic heterocycles. The van der Waals surface area contributed by atoms with Crippen LogP contribution < -0.4 is 5.32 Å². The molecular weight excluding hydrogens is 313 g/mol. The van der Waals surface area contributed by atoms with Crippen molar-refractivity contribution in [3.63, 3.8) is 0 Å². The van der Waals surface area contributed by atoms with Crippen molar-refractivity contribution in [1.29, 1.82) is 0 Å². The number of urea groups is 1. The minimum Gasteiger partial charge on any atom is -0.481 e. The maximum Gasteiger partial charge on any atom is 0.394 e. The van der Waals surface area contributed by atoms with Crippen LogP contribution in [0.4, 0.5) is 18.0 Å². The molecule has 132 valence electrons. The molecule has 0 aromatic carbocycles. The Hall–Kier alpha value is -1.47. The second-order valence-corrected chi connectivity index (χ2v) is 6.91. The Kier molecular flexibility index (Phi) is 5.10. The minimum atomic E-state index is -4.62. The van der Waals surface area contributed by atoms with Crippen LogP contribution in [-0.4, -0.2) is 47.3 Å². The van der Waals surface area contributed by atoms with Crippen molar-refractivity contribution in [2.45, 2.75) is 45.3 Å². The van der Waals surface area contributed by atoms with E-state index in [1.807, 2.05) is 0 Å². The molecule has 0 radical (unpaired) electrons. The number of hydrogen-bond acceptors (Lipinski definition) is 2. The van der Waals surface area contributed by atoms with Gasteiger partial charge in [0.1, 0.15) is 0 Å². The number of carboxylic acid groups (broad SMARTS) is 1. The lowest BCUT2D eigenvalue weighted by atomic mass is 9.79. The number of alkyl halides is 3. The zero-order chi connectivity index (χ0) is 17.4. The Bertz CT molecular complexity index is 469. The van der Waals surface area contributed by atoms with Crippen molar-refractivity contribution in [2.24, 2.45) is 23.7 Å². The van der Waals surface area contributed by atoms with Gasteiger partial charge in [-0.15, -0.1) is 0 Å². The van der Waals surface area contributed by atoms with Gasteiger partial charge in [-0.1, -0.05) is 13.8 Å². The summed E-state index contributed by atoms with van der Waals surface area (Å²) in [6, 6.07) is -0.642.